The topological polar surface area (TPSA) is 82.1 Å². The lowest BCUT2D eigenvalue weighted by molar-refractivity contribution is -0.239. The number of ether oxygens (including phenoxy) is 1. The molecule has 0 unspecified atom stereocenters. The number of rotatable bonds is 14. The zero-order valence-electron chi connectivity index (χ0n) is 28.7. The van der Waals surface area contributed by atoms with Crippen LogP contribution in [-0.2, 0) is 18.9 Å². The highest BCUT2D eigenvalue weighted by Crippen LogP contribution is 2.47. The van der Waals surface area contributed by atoms with Gasteiger partial charge in [0.2, 0.25) is 0 Å². The largest absolute Gasteiger partial charge is 0.497 e. The number of carbonyl (C=O) groups is 3. The van der Waals surface area contributed by atoms with E-state index in [1.165, 1.54) is 0 Å². The van der Waals surface area contributed by atoms with E-state index in [0.29, 0.717) is 16.6 Å². The molecular weight excluding hydrogens is 650 g/mol. The van der Waals surface area contributed by atoms with Gasteiger partial charge in [0.25, 0.3) is 5.91 Å². The van der Waals surface area contributed by atoms with Crippen LogP contribution in [0.3, 0.4) is 0 Å². The normalized spacial score (nSPS) is 16.7. The number of hydrogen-bond acceptors (Lipinski definition) is 6. The molecule has 254 valence electrons. The first kappa shape index (κ1) is 35.8. The number of methoxy groups -OCH3 is 1. The van der Waals surface area contributed by atoms with Gasteiger partial charge in [-0.25, -0.2) is 4.79 Å². The Morgan fingerprint density at radius 2 is 1.39 bits per heavy atom. The summed E-state index contributed by atoms with van der Waals surface area (Å²) in [6, 6.07) is 36.1. The molecule has 0 bridgehead atoms. The van der Waals surface area contributed by atoms with Crippen LogP contribution < -0.4 is 20.7 Å². The summed E-state index contributed by atoms with van der Waals surface area (Å²) >= 11 is 0. The van der Waals surface area contributed by atoms with E-state index in [1.807, 2.05) is 97.9 Å². The first-order valence-corrected chi connectivity index (χ1v) is 21.6. The van der Waals surface area contributed by atoms with Crippen LogP contribution >= 0.6 is 6.89 Å². The molecule has 3 atom stereocenters. The summed E-state index contributed by atoms with van der Waals surface area (Å²) < 4.78 is 11.7. The average molecular weight is 694 g/mol. The fraction of sp³-hybridized carbons (Fsp3) is 0.250. The second-order valence-electron chi connectivity index (χ2n) is 13.0. The number of benzene rings is 4. The lowest BCUT2D eigenvalue weighted by atomic mass is 9.81. The van der Waals surface area contributed by atoms with E-state index in [0.717, 1.165) is 21.0 Å². The standard InChI is InChI=1S/C40H44NO6PSi/c1-7-18-37(48(32-21-11-8-12-22-32,33-23-13-9-14-24-33)34-25-15-10-16-26-34)40(44)46-41-35(38(39(41)43)29(2)47-49(4,5)6)28-36(42)30-19-17-20-31(27-30)45-3/h7-17,19-27,29,35,38H,1,18,28H2,2-6H3/t29-,35-,38-/m1/s1. The van der Waals surface area contributed by atoms with E-state index < -0.39 is 39.2 Å². The molecule has 1 fully saturated rings. The van der Waals surface area contributed by atoms with Crippen molar-refractivity contribution in [2.45, 2.75) is 51.6 Å². The molecule has 0 saturated carbocycles. The van der Waals surface area contributed by atoms with Crippen molar-refractivity contribution in [1.29, 1.82) is 0 Å². The molecule has 4 aromatic carbocycles. The molecule has 0 spiro atoms. The Morgan fingerprint density at radius 1 is 0.857 bits per heavy atom. The molecule has 0 aliphatic carbocycles. The molecule has 49 heavy (non-hydrogen) atoms. The molecule has 0 aromatic heterocycles. The number of amides is 1. The van der Waals surface area contributed by atoms with Crippen molar-refractivity contribution in [2.24, 2.45) is 5.92 Å². The molecule has 1 heterocycles. The van der Waals surface area contributed by atoms with Crippen LogP contribution in [0.2, 0.25) is 19.6 Å². The van der Waals surface area contributed by atoms with Crippen LogP contribution in [0.5, 0.6) is 5.75 Å². The second kappa shape index (κ2) is 15.4. The Hall–Kier alpha value is -4.49. The van der Waals surface area contributed by atoms with Crippen LogP contribution in [0.4, 0.5) is 0 Å². The van der Waals surface area contributed by atoms with Gasteiger partial charge < -0.3 is 14.0 Å². The zero-order chi connectivity index (χ0) is 35.2. The maximum Gasteiger partial charge on any atom is 0.360 e. The highest BCUT2D eigenvalue weighted by atomic mass is 31.2. The van der Waals surface area contributed by atoms with Crippen molar-refractivity contribution in [3.8, 4) is 5.75 Å². The fourth-order valence-electron chi connectivity index (χ4n) is 6.62. The summed E-state index contributed by atoms with van der Waals surface area (Å²) in [5.74, 6) is -1.32. The SMILES string of the molecule is C=CCC(C(=O)ON1C(=O)[C@H]([C@@H](C)O[Si](C)(C)C)[C@H]1CC(=O)c1cccc(OC)c1)=P(c1ccccc1)(c1ccccc1)c1ccccc1. The minimum Gasteiger partial charge on any atom is -0.497 e. The van der Waals surface area contributed by atoms with Crippen molar-refractivity contribution in [1.82, 2.24) is 5.06 Å². The van der Waals surface area contributed by atoms with Crippen LogP contribution in [-0.4, -0.2) is 55.6 Å². The van der Waals surface area contributed by atoms with Gasteiger partial charge in [0.1, 0.15) is 5.75 Å². The molecule has 5 rings (SSSR count). The van der Waals surface area contributed by atoms with Gasteiger partial charge in [-0.05, 0) is 67.9 Å². The molecule has 0 radical (unpaired) electrons. The zero-order valence-corrected chi connectivity index (χ0v) is 30.6. The molecule has 1 aliphatic heterocycles. The quantitative estimate of drug-likeness (QED) is 0.0491. The van der Waals surface area contributed by atoms with Crippen molar-refractivity contribution in [3.63, 3.8) is 0 Å². The summed E-state index contributed by atoms with van der Waals surface area (Å²) in [5.41, 5.74) is 0.448. The van der Waals surface area contributed by atoms with Gasteiger partial charge in [0.15, 0.2) is 14.1 Å². The minimum atomic E-state index is -2.83. The highest BCUT2D eigenvalue weighted by molar-refractivity contribution is 7.96. The van der Waals surface area contributed by atoms with Crippen LogP contribution in [0, 0.1) is 5.92 Å². The molecule has 1 aliphatic rings. The lowest BCUT2D eigenvalue weighted by Gasteiger charge is -2.47. The number of carbonyl (C=O) groups excluding carboxylic acids is 3. The third-order valence-electron chi connectivity index (χ3n) is 8.64. The summed E-state index contributed by atoms with van der Waals surface area (Å²) in [4.78, 5) is 48.5. The number of hydrogen-bond donors (Lipinski definition) is 0. The molecule has 1 amide bonds. The van der Waals surface area contributed by atoms with E-state index in [-0.39, 0.29) is 24.5 Å². The van der Waals surface area contributed by atoms with Crippen LogP contribution in [0.1, 0.15) is 30.1 Å². The van der Waals surface area contributed by atoms with Gasteiger partial charge in [0.05, 0.1) is 30.5 Å². The van der Waals surface area contributed by atoms with Gasteiger partial charge in [-0.2, -0.15) is 5.06 Å². The van der Waals surface area contributed by atoms with Crippen molar-refractivity contribution in [3.05, 3.63) is 133 Å². The predicted octanol–water partition coefficient (Wildman–Crippen LogP) is 6.54. The Balaban J connectivity index is 1.63. The third kappa shape index (κ3) is 7.57. The number of ketones is 1. The summed E-state index contributed by atoms with van der Waals surface area (Å²) in [6.07, 6.45) is 1.40. The molecule has 9 heteroatoms. The lowest BCUT2D eigenvalue weighted by Crippen LogP contribution is -2.66. The number of β-lactam (4-membered cyclic amide) rings is 1. The summed E-state index contributed by atoms with van der Waals surface area (Å²) in [6.45, 7) is 9.20. The number of hydroxylamine groups is 2. The second-order valence-corrected chi connectivity index (χ2v) is 20.9. The first-order valence-electron chi connectivity index (χ1n) is 16.4. The minimum absolute atomic E-state index is 0.0522. The number of Topliss-reactive ketones (excluding diaryl/α,β-unsaturated/α-hetero) is 1. The van der Waals surface area contributed by atoms with Gasteiger partial charge in [0, 0.05) is 12.0 Å². The van der Waals surface area contributed by atoms with Crippen molar-refractivity contribution >= 4 is 54.1 Å². The monoisotopic (exact) mass is 693 g/mol. The van der Waals surface area contributed by atoms with E-state index in [9.17, 15) is 14.4 Å². The molecule has 7 nitrogen and oxygen atoms in total. The Bertz CT molecular complexity index is 1750. The highest BCUT2D eigenvalue weighted by Gasteiger charge is 2.54. The maximum atomic E-state index is 14.7. The molecule has 0 N–H and O–H groups in total. The molecular formula is C40H44NO6PSi. The first-order chi connectivity index (χ1) is 23.5. The van der Waals surface area contributed by atoms with E-state index in [2.05, 4.69) is 26.2 Å². The maximum absolute atomic E-state index is 14.7. The summed E-state index contributed by atoms with van der Waals surface area (Å²) in [7, 11) is -0.509. The fourth-order valence-corrected chi connectivity index (χ4v) is 12.3. The van der Waals surface area contributed by atoms with Crippen molar-refractivity contribution < 1.29 is 28.4 Å². The van der Waals surface area contributed by atoms with Gasteiger partial charge >= 0.3 is 5.97 Å². The van der Waals surface area contributed by atoms with E-state index in [1.54, 1.807) is 37.5 Å². The average Bonchev–Trinajstić information content (AvgIpc) is 3.10. The van der Waals surface area contributed by atoms with Gasteiger partial charge in [-0.15, -0.1) is 6.58 Å². The van der Waals surface area contributed by atoms with Crippen LogP contribution in [0.25, 0.3) is 0 Å². The molecule has 1 saturated heterocycles. The van der Waals surface area contributed by atoms with E-state index in [4.69, 9.17) is 14.0 Å². The Morgan fingerprint density at radius 3 is 1.86 bits per heavy atom. The smallest absolute Gasteiger partial charge is 0.360 e. The predicted molar refractivity (Wildman–Crippen MR) is 201 cm³/mol. The molecule has 4 aromatic rings. The van der Waals surface area contributed by atoms with Crippen molar-refractivity contribution in [2.75, 3.05) is 7.11 Å². The number of allylic oxidation sites excluding steroid dienone is 1. The van der Waals surface area contributed by atoms with E-state index >= 15 is 0 Å². The van der Waals surface area contributed by atoms with Crippen LogP contribution in [0.15, 0.2) is 128 Å². The summed E-state index contributed by atoms with van der Waals surface area (Å²) in [5, 5.41) is 4.50. The third-order valence-corrected chi connectivity index (χ3v) is 14.1. The Kier molecular flexibility index (Phi) is 11.2. The Labute approximate surface area is 290 Å². The number of nitrogens with zero attached hydrogens (tertiary/aromatic N) is 1. The van der Waals surface area contributed by atoms with Gasteiger partial charge in [-0.1, -0.05) is 109 Å². The van der Waals surface area contributed by atoms with Gasteiger partial charge in [-0.3, -0.25) is 9.59 Å².